The second-order valence-electron chi connectivity index (χ2n) is 6.07. The van der Waals surface area contributed by atoms with Gasteiger partial charge < -0.3 is 10.2 Å². The molecule has 2 aromatic rings. The van der Waals surface area contributed by atoms with E-state index >= 15 is 0 Å². The second-order valence-corrected chi connectivity index (χ2v) is 7.35. The highest BCUT2D eigenvalue weighted by Crippen LogP contribution is 2.24. The largest absolute Gasteiger partial charge is 0.355 e. The summed E-state index contributed by atoms with van der Waals surface area (Å²) in [6.07, 6.45) is 5.00. The fourth-order valence-electron chi connectivity index (χ4n) is 2.82. The maximum Gasteiger partial charge on any atom is 0.224 e. The molecule has 0 aliphatic carbocycles. The summed E-state index contributed by atoms with van der Waals surface area (Å²) in [7, 11) is 0. The van der Waals surface area contributed by atoms with Crippen molar-refractivity contribution in [3.63, 3.8) is 0 Å². The number of halogens is 1. The Morgan fingerprint density at radius 3 is 2.71 bits per heavy atom. The molecule has 1 N–H and O–H groups in total. The Morgan fingerprint density at radius 1 is 1.21 bits per heavy atom. The molecule has 128 valence electrons. The fraction of sp³-hybridized carbons (Fsp3) is 0.444. The van der Waals surface area contributed by atoms with Crippen molar-refractivity contribution in [2.45, 2.75) is 32.1 Å². The summed E-state index contributed by atoms with van der Waals surface area (Å²) >= 11 is 7.56. The number of benzene rings is 1. The van der Waals surface area contributed by atoms with E-state index in [1.165, 1.54) is 19.3 Å². The number of piperidine rings is 1. The number of nitrogens with one attached hydrogen (secondary N) is 1. The average molecular weight is 364 g/mol. The minimum atomic E-state index is 0.0313. The molecule has 0 radical (unpaired) electrons. The number of thiazole rings is 1. The lowest BCUT2D eigenvalue weighted by Gasteiger charge is -2.25. The van der Waals surface area contributed by atoms with Gasteiger partial charge in [0.05, 0.1) is 12.1 Å². The Labute approximate surface area is 151 Å². The SMILES string of the molecule is O=C(Cc1ccc(Cl)cc1)NCCc1csc(N2CCCCC2)n1. The van der Waals surface area contributed by atoms with Crippen LogP contribution >= 0.6 is 22.9 Å². The number of nitrogens with zero attached hydrogens (tertiary/aromatic N) is 2. The Morgan fingerprint density at radius 2 is 1.96 bits per heavy atom. The van der Waals surface area contributed by atoms with Gasteiger partial charge in [-0.1, -0.05) is 23.7 Å². The lowest BCUT2D eigenvalue weighted by atomic mass is 10.1. The first-order valence-electron chi connectivity index (χ1n) is 8.41. The first-order valence-corrected chi connectivity index (χ1v) is 9.67. The normalized spacial score (nSPS) is 14.6. The maximum absolute atomic E-state index is 12.0. The predicted octanol–water partition coefficient (Wildman–Crippen LogP) is 3.69. The molecule has 0 bridgehead atoms. The zero-order valence-electron chi connectivity index (χ0n) is 13.6. The van der Waals surface area contributed by atoms with Gasteiger partial charge in [-0.2, -0.15) is 0 Å². The van der Waals surface area contributed by atoms with Gasteiger partial charge in [0.25, 0.3) is 0 Å². The van der Waals surface area contributed by atoms with Crippen LogP contribution < -0.4 is 10.2 Å². The Hall–Kier alpha value is -1.59. The van der Waals surface area contributed by atoms with Gasteiger partial charge in [-0.05, 0) is 37.0 Å². The van der Waals surface area contributed by atoms with Gasteiger partial charge >= 0.3 is 0 Å². The van der Waals surface area contributed by atoms with Gasteiger partial charge in [-0.3, -0.25) is 4.79 Å². The highest BCUT2D eigenvalue weighted by Gasteiger charge is 2.14. The molecule has 0 spiro atoms. The topological polar surface area (TPSA) is 45.2 Å². The highest BCUT2D eigenvalue weighted by molar-refractivity contribution is 7.13. The summed E-state index contributed by atoms with van der Waals surface area (Å²) in [5.41, 5.74) is 2.03. The van der Waals surface area contributed by atoms with Gasteiger partial charge in [0.2, 0.25) is 5.91 Å². The molecule has 1 aliphatic heterocycles. The number of aromatic nitrogens is 1. The van der Waals surface area contributed by atoms with E-state index in [1.807, 2.05) is 24.3 Å². The molecule has 2 heterocycles. The van der Waals surface area contributed by atoms with E-state index < -0.39 is 0 Å². The number of anilines is 1. The van der Waals surface area contributed by atoms with E-state index in [0.717, 1.165) is 35.9 Å². The molecule has 0 atom stereocenters. The van der Waals surface area contributed by atoms with Crippen molar-refractivity contribution in [1.29, 1.82) is 0 Å². The molecular weight excluding hydrogens is 342 g/mol. The van der Waals surface area contributed by atoms with Gasteiger partial charge in [0, 0.05) is 36.5 Å². The molecule has 3 rings (SSSR count). The van der Waals surface area contributed by atoms with Gasteiger partial charge in [0.15, 0.2) is 5.13 Å². The molecule has 1 saturated heterocycles. The zero-order valence-corrected chi connectivity index (χ0v) is 15.2. The third-order valence-electron chi connectivity index (χ3n) is 4.15. The Kier molecular flexibility index (Phi) is 6.10. The molecule has 24 heavy (non-hydrogen) atoms. The number of hydrogen-bond donors (Lipinski definition) is 1. The number of carbonyl (C=O) groups excluding carboxylic acids is 1. The summed E-state index contributed by atoms with van der Waals surface area (Å²) in [6, 6.07) is 7.38. The lowest BCUT2D eigenvalue weighted by molar-refractivity contribution is -0.120. The number of carbonyl (C=O) groups is 1. The van der Waals surface area contributed by atoms with Gasteiger partial charge in [-0.15, -0.1) is 11.3 Å². The van der Waals surface area contributed by atoms with E-state index in [1.54, 1.807) is 11.3 Å². The standard InChI is InChI=1S/C18H22ClN3OS/c19-15-6-4-14(5-7-15)12-17(23)20-9-8-16-13-24-18(21-16)22-10-2-1-3-11-22/h4-7,13H,1-3,8-12H2,(H,20,23). The van der Waals surface area contributed by atoms with Crippen LogP contribution in [-0.4, -0.2) is 30.5 Å². The second kappa shape index (κ2) is 8.49. The fourth-order valence-corrected chi connectivity index (χ4v) is 3.86. The van der Waals surface area contributed by atoms with Crippen molar-refractivity contribution < 1.29 is 4.79 Å². The summed E-state index contributed by atoms with van der Waals surface area (Å²) < 4.78 is 0. The van der Waals surface area contributed by atoms with Crippen LogP contribution in [0.3, 0.4) is 0 Å². The summed E-state index contributed by atoms with van der Waals surface area (Å²) in [5, 5.41) is 6.88. The Bertz CT molecular complexity index is 665. The number of rotatable bonds is 6. The highest BCUT2D eigenvalue weighted by atomic mass is 35.5. The maximum atomic E-state index is 12.0. The minimum absolute atomic E-state index is 0.0313. The van der Waals surface area contributed by atoms with Crippen molar-refractivity contribution >= 4 is 34.0 Å². The molecule has 1 aliphatic rings. The van der Waals surface area contributed by atoms with Crippen molar-refractivity contribution in [2.75, 3.05) is 24.5 Å². The van der Waals surface area contributed by atoms with Crippen molar-refractivity contribution in [3.05, 3.63) is 45.9 Å². The van der Waals surface area contributed by atoms with E-state index in [4.69, 9.17) is 16.6 Å². The molecule has 4 nitrogen and oxygen atoms in total. The van der Waals surface area contributed by atoms with Crippen molar-refractivity contribution in [2.24, 2.45) is 0 Å². The molecular formula is C18H22ClN3OS. The Balaban J connectivity index is 1.42. The first kappa shape index (κ1) is 17.2. The minimum Gasteiger partial charge on any atom is -0.355 e. The average Bonchev–Trinajstić information content (AvgIpc) is 3.07. The van der Waals surface area contributed by atoms with E-state index in [0.29, 0.717) is 18.0 Å². The molecule has 1 aromatic heterocycles. The summed E-state index contributed by atoms with van der Waals surface area (Å²) in [4.78, 5) is 19.0. The van der Waals surface area contributed by atoms with E-state index in [9.17, 15) is 4.79 Å². The number of hydrogen-bond acceptors (Lipinski definition) is 4. The zero-order chi connectivity index (χ0) is 16.8. The smallest absolute Gasteiger partial charge is 0.224 e. The molecule has 1 aromatic carbocycles. The van der Waals surface area contributed by atoms with Crippen LogP contribution in [0.2, 0.25) is 5.02 Å². The van der Waals surface area contributed by atoms with Crippen LogP contribution in [0.15, 0.2) is 29.6 Å². The summed E-state index contributed by atoms with van der Waals surface area (Å²) in [6.45, 7) is 2.85. The van der Waals surface area contributed by atoms with E-state index in [2.05, 4.69) is 15.6 Å². The van der Waals surface area contributed by atoms with Gasteiger partial charge in [-0.25, -0.2) is 4.98 Å². The quantitative estimate of drug-likeness (QED) is 0.851. The lowest BCUT2D eigenvalue weighted by Crippen LogP contribution is -2.29. The van der Waals surface area contributed by atoms with Gasteiger partial charge in [0.1, 0.15) is 0 Å². The van der Waals surface area contributed by atoms with Crippen LogP contribution in [0, 0.1) is 0 Å². The molecule has 0 unspecified atom stereocenters. The molecule has 1 fully saturated rings. The first-order chi connectivity index (χ1) is 11.7. The van der Waals surface area contributed by atoms with Crippen LogP contribution in [0.1, 0.15) is 30.5 Å². The van der Waals surface area contributed by atoms with Crippen LogP contribution in [0.25, 0.3) is 0 Å². The number of amides is 1. The van der Waals surface area contributed by atoms with Crippen molar-refractivity contribution in [3.8, 4) is 0 Å². The van der Waals surface area contributed by atoms with Crippen LogP contribution in [0.5, 0.6) is 0 Å². The van der Waals surface area contributed by atoms with Crippen molar-refractivity contribution in [1.82, 2.24) is 10.3 Å². The third-order valence-corrected chi connectivity index (χ3v) is 5.35. The molecule has 0 saturated carbocycles. The molecule has 6 heteroatoms. The molecule has 1 amide bonds. The van der Waals surface area contributed by atoms with E-state index in [-0.39, 0.29) is 5.91 Å². The monoisotopic (exact) mass is 363 g/mol. The predicted molar refractivity (Wildman–Crippen MR) is 100 cm³/mol. The van der Waals surface area contributed by atoms with Crippen LogP contribution in [0.4, 0.5) is 5.13 Å². The summed E-state index contributed by atoms with van der Waals surface area (Å²) in [5.74, 6) is 0.0313. The third kappa shape index (κ3) is 4.95. The van der Waals surface area contributed by atoms with Crippen LogP contribution in [-0.2, 0) is 17.6 Å².